The first-order valence-electron chi connectivity index (χ1n) is 10.2. The van der Waals surface area contributed by atoms with Gasteiger partial charge in [0.2, 0.25) is 10.0 Å². The Balaban J connectivity index is 1.68. The Bertz CT molecular complexity index is 975. The summed E-state index contributed by atoms with van der Waals surface area (Å²) >= 11 is 0. The van der Waals surface area contributed by atoms with Crippen LogP contribution in [0.2, 0.25) is 0 Å². The molecule has 1 aromatic heterocycles. The van der Waals surface area contributed by atoms with Gasteiger partial charge in [-0.3, -0.25) is 4.90 Å². The lowest BCUT2D eigenvalue weighted by Gasteiger charge is -2.37. The van der Waals surface area contributed by atoms with Gasteiger partial charge in [-0.05, 0) is 54.9 Å². The van der Waals surface area contributed by atoms with Gasteiger partial charge in [0.05, 0.1) is 30.7 Å². The van der Waals surface area contributed by atoms with Gasteiger partial charge in [0.1, 0.15) is 5.75 Å². The van der Waals surface area contributed by atoms with Crippen molar-refractivity contribution in [1.82, 2.24) is 29.4 Å². The SMILES string of the molecule is COCCn1nnnc1C1(N2CCCC2)CCN(S(=O)(=O)c2cccc(OC)c2)C1. The highest BCUT2D eigenvalue weighted by Gasteiger charge is 2.51. The van der Waals surface area contributed by atoms with E-state index in [1.165, 1.54) is 7.11 Å². The molecule has 0 spiro atoms. The van der Waals surface area contributed by atoms with Gasteiger partial charge < -0.3 is 9.47 Å². The standard InChI is InChI=1S/C19H28N6O4S/c1-28-13-12-25-18(20-21-22-25)19(23-9-3-4-10-23)8-11-24(15-19)30(26,27)17-7-5-6-16(14-17)29-2/h5-7,14H,3-4,8-13,15H2,1-2H3. The van der Waals surface area contributed by atoms with Crippen molar-refractivity contribution >= 4 is 10.0 Å². The van der Waals surface area contributed by atoms with E-state index in [9.17, 15) is 8.42 Å². The van der Waals surface area contributed by atoms with Crippen LogP contribution >= 0.6 is 0 Å². The van der Waals surface area contributed by atoms with Gasteiger partial charge in [-0.25, -0.2) is 13.1 Å². The summed E-state index contributed by atoms with van der Waals surface area (Å²) in [6.45, 7) is 3.55. The molecular weight excluding hydrogens is 408 g/mol. The summed E-state index contributed by atoms with van der Waals surface area (Å²) < 4.78 is 40.5. The molecule has 1 atom stereocenters. The molecule has 4 rings (SSSR count). The fourth-order valence-electron chi connectivity index (χ4n) is 4.47. The van der Waals surface area contributed by atoms with Crippen LogP contribution in [0.1, 0.15) is 25.1 Å². The van der Waals surface area contributed by atoms with Crippen LogP contribution in [0.4, 0.5) is 0 Å². The van der Waals surface area contributed by atoms with Crippen molar-refractivity contribution in [3.05, 3.63) is 30.1 Å². The summed E-state index contributed by atoms with van der Waals surface area (Å²) in [6, 6.07) is 6.60. The predicted octanol–water partition coefficient (Wildman–Crippen LogP) is 0.714. The van der Waals surface area contributed by atoms with Gasteiger partial charge in [-0.2, -0.15) is 4.31 Å². The zero-order chi connectivity index (χ0) is 21.2. The molecule has 2 fully saturated rings. The molecule has 2 aliphatic heterocycles. The minimum atomic E-state index is -3.67. The topological polar surface area (TPSA) is 103 Å². The first-order valence-corrected chi connectivity index (χ1v) is 11.6. The molecule has 1 unspecified atom stereocenters. The minimum Gasteiger partial charge on any atom is -0.497 e. The number of rotatable bonds is 8. The summed E-state index contributed by atoms with van der Waals surface area (Å²) in [7, 11) is -0.504. The monoisotopic (exact) mass is 436 g/mol. The second-order valence-corrected chi connectivity index (χ2v) is 9.65. The highest BCUT2D eigenvalue weighted by molar-refractivity contribution is 7.89. The molecule has 0 bridgehead atoms. The zero-order valence-electron chi connectivity index (χ0n) is 17.4. The van der Waals surface area contributed by atoms with Crippen LogP contribution in [-0.2, 0) is 26.8 Å². The molecule has 0 N–H and O–H groups in total. The average molecular weight is 437 g/mol. The highest BCUT2D eigenvalue weighted by atomic mass is 32.2. The van der Waals surface area contributed by atoms with E-state index in [0.717, 1.165) is 25.9 Å². The van der Waals surface area contributed by atoms with Crippen molar-refractivity contribution in [2.45, 2.75) is 36.2 Å². The van der Waals surface area contributed by atoms with E-state index in [1.807, 2.05) is 0 Å². The molecule has 0 amide bonds. The number of sulfonamides is 1. The van der Waals surface area contributed by atoms with Crippen molar-refractivity contribution in [3.63, 3.8) is 0 Å². The van der Waals surface area contributed by atoms with Crippen molar-refractivity contribution in [2.24, 2.45) is 0 Å². The van der Waals surface area contributed by atoms with E-state index in [1.54, 1.807) is 40.4 Å². The van der Waals surface area contributed by atoms with Gasteiger partial charge in [0.15, 0.2) is 5.82 Å². The molecule has 1 aromatic carbocycles. The maximum Gasteiger partial charge on any atom is 0.243 e. The number of benzene rings is 1. The summed E-state index contributed by atoms with van der Waals surface area (Å²) in [5.74, 6) is 1.23. The quantitative estimate of drug-likeness (QED) is 0.596. The molecule has 30 heavy (non-hydrogen) atoms. The molecule has 11 heteroatoms. The minimum absolute atomic E-state index is 0.234. The number of methoxy groups -OCH3 is 2. The fourth-order valence-corrected chi connectivity index (χ4v) is 6.00. The zero-order valence-corrected chi connectivity index (χ0v) is 18.2. The second-order valence-electron chi connectivity index (χ2n) is 7.71. The van der Waals surface area contributed by atoms with Crippen molar-refractivity contribution in [1.29, 1.82) is 0 Å². The van der Waals surface area contributed by atoms with Crippen LogP contribution in [0.15, 0.2) is 29.2 Å². The molecule has 0 aliphatic carbocycles. The smallest absolute Gasteiger partial charge is 0.243 e. The summed E-state index contributed by atoms with van der Waals surface area (Å²) in [4.78, 5) is 2.58. The Labute approximate surface area is 176 Å². The number of hydrogen-bond acceptors (Lipinski definition) is 8. The molecule has 164 valence electrons. The molecule has 3 heterocycles. The highest BCUT2D eigenvalue weighted by Crippen LogP contribution is 2.41. The molecule has 10 nitrogen and oxygen atoms in total. The fraction of sp³-hybridized carbons (Fsp3) is 0.632. The summed E-state index contributed by atoms with van der Waals surface area (Å²) in [5, 5.41) is 12.4. The summed E-state index contributed by atoms with van der Waals surface area (Å²) in [6.07, 6.45) is 2.82. The Kier molecular flexibility index (Phi) is 6.05. The number of ether oxygens (including phenoxy) is 2. The Morgan fingerprint density at radius 1 is 1.17 bits per heavy atom. The van der Waals surface area contributed by atoms with Crippen molar-refractivity contribution in [3.8, 4) is 5.75 Å². The van der Waals surface area contributed by atoms with Crippen LogP contribution in [-0.4, -0.2) is 84.8 Å². The van der Waals surface area contributed by atoms with Crippen molar-refractivity contribution in [2.75, 3.05) is 47.0 Å². The molecule has 2 aliphatic rings. The van der Waals surface area contributed by atoms with Gasteiger partial charge in [0, 0.05) is 26.3 Å². The lowest BCUT2D eigenvalue weighted by atomic mass is 9.95. The van der Waals surface area contributed by atoms with Crippen LogP contribution in [0.5, 0.6) is 5.75 Å². The van der Waals surface area contributed by atoms with E-state index < -0.39 is 15.6 Å². The van der Waals surface area contributed by atoms with Gasteiger partial charge in [-0.15, -0.1) is 5.10 Å². The Morgan fingerprint density at radius 3 is 2.70 bits per heavy atom. The first-order chi connectivity index (χ1) is 14.5. The van der Waals surface area contributed by atoms with E-state index in [2.05, 4.69) is 20.4 Å². The Morgan fingerprint density at radius 2 is 1.97 bits per heavy atom. The normalized spacial score (nSPS) is 23.3. The van der Waals surface area contributed by atoms with Gasteiger partial charge >= 0.3 is 0 Å². The number of aromatic nitrogens is 4. The number of nitrogens with zero attached hydrogens (tertiary/aromatic N) is 6. The maximum absolute atomic E-state index is 13.4. The summed E-state index contributed by atoms with van der Waals surface area (Å²) in [5.41, 5.74) is -0.542. The van der Waals surface area contributed by atoms with E-state index in [-0.39, 0.29) is 4.90 Å². The van der Waals surface area contributed by atoms with Gasteiger partial charge in [-0.1, -0.05) is 6.07 Å². The molecule has 2 aromatic rings. The van der Waals surface area contributed by atoms with Crippen molar-refractivity contribution < 1.29 is 17.9 Å². The van der Waals surface area contributed by atoms with Crippen LogP contribution < -0.4 is 4.74 Å². The third kappa shape index (κ3) is 3.70. The van der Waals surface area contributed by atoms with E-state index in [4.69, 9.17) is 9.47 Å². The maximum atomic E-state index is 13.4. The average Bonchev–Trinajstić information content (AvgIpc) is 3.52. The largest absolute Gasteiger partial charge is 0.497 e. The lowest BCUT2D eigenvalue weighted by molar-refractivity contribution is 0.108. The lowest BCUT2D eigenvalue weighted by Crippen LogP contribution is -2.49. The number of tetrazole rings is 1. The van der Waals surface area contributed by atoms with Crippen LogP contribution in [0, 0.1) is 0 Å². The molecule has 2 saturated heterocycles. The van der Waals surface area contributed by atoms with Crippen LogP contribution in [0.3, 0.4) is 0 Å². The number of hydrogen-bond donors (Lipinski definition) is 0. The van der Waals surface area contributed by atoms with E-state index >= 15 is 0 Å². The second kappa shape index (κ2) is 8.58. The molecule has 0 radical (unpaired) electrons. The molecule has 0 saturated carbocycles. The first kappa shape index (κ1) is 21.2. The Hall–Kier alpha value is -2.08. The molecular formula is C19H28N6O4S. The third-order valence-corrected chi connectivity index (χ3v) is 7.90. The number of likely N-dealkylation sites (tertiary alicyclic amines) is 1. The van der Waals surface area contributed by atoms with Crippen LogP contribution in [0.25, 0.3) is 0 Å². The predicted molar refractivity (Wildman–Crippen MR) is 109 cm³/mol. The third-order valence-electron chi connectivity index (χ3n) is 6.06. The van der Waals surface area contributed by atoms with Gasteiger partial charge in [0.25, 0.3) is 0 Å². The van der Waals surface area contributed by atoms with E-state index in [0.29, 0.717) is 44.2 Å².